The lowest BCUT2D eigenvalue weighted by Gasteiger charge is -2.37. The average Bonchev–Trinajstić information content (AvgIpc) is 3.40. The number of carbonyl (C=O) groups is 4. The van der Waals surface area contributed by atoms with E-state index in [0.29, 0.717) is 17.0 Å². The number of nitrogens with one attached hydrogen (secondary N) is 2. The molecule has 3 aromatic rings. The van der Waals surface area contributed by atoms with Crippen molar-refractivity contribution in [2.75, 3.05) is 39.0 Å². The molecule has 5 N–H and O–H groups in total. The number of alkyl halides is 6. The standard InChI is InChI=1S/C29H39N5O9S2.2C2HF3O2/c1-20-24(23-8-6-7-9-25(23)34(20)28(36)43-29(2,3)4)19-42-21-10-12-22(13-11-21)45(40,41)30-18-26(27(35)31-37)32-14-16-33(17-15-32)44(5,38)39;2*3-2(4,5)1(6)7/h6-13,26,30,37H,14-19H2,1-5H3,(H,31,35);2*(H,6,7)/t26-;;/m1../s1. The van der Waals surface area contributed by atoms with Gasteiger partial charge >= 0.3 is 30.4 Å². The zero-order valence-electron chi connectivity index (χ0n) is 31.8. The Morgan fingerprint density at radius 1 is 0.831 bits per heavy atom. The number of para-hydroxylation sites is 1. The number of benzene rings is 2. The molecule has 1 fully saturated rings. The maximum atomic E-state index is 13.1. The summed E-state index contributed by atoms with van der Waals surface area (Å²) in [6.07, 6.45) is -9.57. The molecule has 0 spiro atoms. The van der Waals surface area contributed by atoms with Crippen LogP contribution < -0.4 is 14.9 Å². The number of rotatable bonds is 10. The molecular weight excluding hydrogens is 853 g/mol. The van der Waals surface area contributed by atoms with Crippen molar-refractivity contribution in [3.05, 3.63) is 59.8 Å². The van der Waals surface area contributed by atoms with Crippen LogP contribution in [-0.2, 0) is 45.8 Å². The first-order valence-corrected chi connectivity index (χ1v) is 20.0. The molecule has 0 unspecified atom stereocenters. The van der Waals surface area contributed by atoms with Crippen molar-refractivity contribution in [2.45, 2.75) is 63.2 Å². The summed E-state index contributed by atoms with van der Waals surface area (Å²) in [5.41, 5.74) is 3.00. The number of carboxylic acid groups (broad SMARTS) is 2. The van der Waals surface area contributed by atoms with E-state index in [4.69, 9.17) is 29.3 Å². The molecule has 1 aliphatic rings. The number of hydroxylamine groups is 1. The van der Waals surface area contributed by atoms with E-state index in [1.165, 1.54) is 33.1 Å². The summed E-state index contributed by atoms with van der Waals surface area (Å²) in [5.74, 6) is -5.94. The maximum Gasteiger partial charge on any atom is 0.490 e. The van der Waals surface area contributed by atoms with Gasteiger partial charge in [0.25, 0.3) is 5.91 Å². The first kappa shape index (κ1) is 50.1. The van der Waals surface area contributed by atoms with Crippen molar-refractivity contribution in [1.82, 2.24) is 24.0 Å². The fourth-order valence-electron chi connectivity index (χ4n) is 5.11. The van der Waals surface area contributed by atoms with Gasteiger partial charge in [-0.1, -0.05) is 18.2 Å². The topological polar surface area (TPSA) is 251 Å². The minimum atomic E-state index is -5.08. The van der Waals surface area contributed by atoms with Gasteiger partial charge < -0.3 is 19.7 Å². The van der Waals surface area contributed by atoms with Crippen molar-refractivity contribution in [1.29, 1.82) is 0 Å². The number of amides is 1. The number of carboxylic acids is 2. The molecule has 4 rings (SSSR count). The summed E-state index contributed by atoms with van der Waals surface area (Å²) in [5, 5.41) is 24.3. The van der Waals surface area contributed by atoms with E-state index in [1.807, 2.05) is 24.3 Å². The molecule has 1 aliphatic heterocycles. The predicted molar refractivity (Wildman–Crippen MR) is 193 cm³/mol. The Kier molecular flexibility index (Phi) is 16.8. The molecule has 0 aliphatic carbocycles. The van der Waals surface area contributed by atoms with Gasteiger partial charge in [0.2, 0.25) is 20.0 Å². The van der Waals surface area contributed by atoms with Gasteiger partial charge in [-0.2, -0.15) is 30.6 Å². The molecule has 1 amide bonds. The van der Waals surface area contributed by atoms with Crippen molar-refractivity contribution < 1.29 is 87.3 Å². The number of fused-ring (bicyclic) bond motifs is 1. The lowest BCUT2D eigenvalue weighted by atomic mass is 10.1. The molecule has 1 atom stereocenters. The first-order valence-electron chi connectivity index (χ1n) is 16.7. The van der Waals surface area contributed by atoms with Crippen LogP contribution in [0.4, 0.5) is 31.1 Å². The van der Waals surface area contributed by atoms with Crippen LogP contribution in [0.15, 0.2) is 53.4 Å². The predicted octanol–water partition coefficient (Wildman–Crippen LogP) is 3.31. The third-order valence-corrected chi connectivity index (χ3v) is 10.6. The number of sulfonamides is 2. The fourth-order valence-corrected chi connectivity index (χ4v) is 6.98. The molecule has 18 nitrogen and oxygen atoms in total. The molecule has 2 heterocycles. The van der Waals surface area contributed by atoms with E-state index >= 15 is 0 Å². The minimum absolute atomic E-state index is 0.0717. The van der Waals surface area contributed by atoms with Gasteiger partial charge in [-0.05, 0) is 58.0 Å². The van der Waals surface area contributed by atoms with Crippen LogP contribution in [-0.4, -0.2) is 133 Å². The Morgan fingerprint density at radius 3 is 1.76 bits per heavy atom. The molecular formula is C33H41F6N5O13S2. The van der Waals surface area contributed by atoms with E-state index in [2.05, 4.69) is 4.72 Å². The second-order valence-electron chi connectivity index (χ2n) is 13.3. The maximum absolute atomic E-state index is 13.1. The van der Waals surface area contributed by atoms with Gasteiger partial charge in [0.1, 0.15) is 24.0 Å². The number of halogens is 6. The summed E-state index contributed by atoms with van der Waals surface area (Å²) in [4.78, 5) is 44.7. The van der Waals surface area contributed by atoms with Gasteiger partial charge in [0, 0.05) is 49.4 Å². The van der Waals surface area contributed by atoms with Gasteiger partial charge in [0.15, 0.2) is 0 Å². The van der Waals surface area contributed by atoms with Crippen LogP contribution in [0.2, 0.25) is 0 Å². The van der Waals surface area contributed by atoms with E-state index < -0.39 is 68.0 Å². The van der Waals surface area contributed by atoms with Gasteiger partial charge in [0.05, 0.1) is 16.7 Å². The second kappa shape index (κ2) is 19.8. The third-order valence-electron chi connectivity index (χ3n) is 7.88. The summed E-state index contributed by atoms with van der Waals surface area (Å²) < 4.78 is 130. The zero-order chi connectivity index (χ0) is 45.3. The van der Waals surface area contributed by atoms with Crippen molar-refractivity contribution in [3.63, 3.8) is 0 Å². The number of aromatic nitrogens is 1. The molecule has 1 aromatic heterocycles. The first-order chi connectivity index (χ1) is 26.9. The Balaban J connectivity index is 0.000000732. The summed E-state index contributed by atoms with van der Waals surface area (Å²) >= 11 is 0. The number of hydrogen-bond donors (Lipinski definition) is 5. The van der Waals surface area contributed by atoms with Crippen LogP contribution >= 0.6 is 0 Å². The smallest absolute Gasteiger partial charge is 0.489 e. The summed E-state index contributed by atoms with van der Waals surface area (Å²) in [6, 6.07) is 12.1. The molecule has 0 bridgehead atoms. The highest BCUT2D eigenvalue weighted by molar-refractivity contribution is 7.89. The molecule has 26 heteroatoms. The second-order valence-corrected chi connectivity index (χ2v) is 17.1. The van der Waals surface area contributed by atoms with E-state index in [-0.39, 0.29) is 44.2 Å². The third kappa shape index (κ3) is 14.9. The van der Waals surface area contributed by atoms with Crippen molar-refractivity contribution in [2.24, 2.45) is 0 Å². The number of piperazine rings is 1. The Morgan fingerprint density at radius 2 is 1.32 bits per heavy atom. The van der Waals surface area contributed by atoms with Crippen LogP contribution in [0.5, 0.6) is 5.75 Å². The molecule has 0 radical (unpaired) electrons. The minimum Gasteiger partial charge on any atom is -0.489 e. The van der Waals surface area contributed by atoms with Crippen LogP contribution in [0.3, 0.4) is 0 Å². The largest absolute Gasteiger partial charge is 0.490 e. The Hall–Kier alpha value is -5.02. The molecule has 59 heavy (non-hydrogen) atoms. The SMILES string of the molecule is Cc1c(COc2ccc(S(=O)(=O)NC[C@H](C(=O)NO)N3CCN(S(C)(=O)=O)CC3)cc2)c2ccccc2n1C(=O)OC(C)(C)C.O=C(O)C(F)(F)F.O=C(O)C(F)(F)F. The van der Waals surface area contributed by atoms with Gasteiger partial charge in [-0.15, -0.1) is 0 Å². The van der Waals surface area contributed by atoms with Gasteiger partial charge in [-0.3, -0.25) is 14.9 Å². The Labute approximate surface area is 333 Å². The highest BCUT2D eigenvalue weighted by atomic mass is 32.2. The van der Waals surface area contributed by atoms with Crippen molar-refractivity contribution >= 4 is 54.9 Å². The van der Waals surface area contributed by atoms with Crippen molar-refractivity contribution in [3.8, 4) is 5.75 Å². The Bertz CT molecular complexity index is 2160. The summed E-state index contributed by atoms with van der Waals surface area (Å²) in [7, 11) is -7.47. The lowest BCUT2D eigenvalue weighted by Crippen LogP contribution is -2.58. The molecule has 2 aromatic carbocycles. The van der Waals surface area contributed by atoms with Crippen LogP contribution in [0.1, 0.15) is 32.0 Å². The number of hydrogen-bond acceptors (Lipinski definition) is 12. The van der Waals surface area contributed by atoms with Gasteiger partial charge in [-0.25, -0.2) is 46.0 Å². The number of ether oxygens (including phenoxy) is 2. The van der Waals surface area contributed by atoms with E-state index in [9.17, 15) is 58.0 Å². The molecule has 0 saturated carbocycles. The highest BCUT2D eigenvalue weighted by Crippen LogP contribution is 2.29. The molecule has 330 valence electrons. The monoisotopic (exact) mass is 893 g/mol. The normalized spacial score (nSPS) is 14.8. The quantitative estimate of drug-likeness (QED) is 0.111. The number of carbonyl (C=O) groups excluding carboxylic acids is 2. The highest BCUT2D eigenvalue weighted by Gasteiger charge is 2.39. The number of aliphatic carboxylic acids is 2. The fraction of sp³-hybridized carbons (Fsp3) is 0.455. The lowest BCUT2D eigenvalue weighted by molar-refractivity contribution is -0.193. The van der Waals surface area contributed by atoms with E-state index in [1.54, 1.807) is 38.1 Å². The number of nitrogens with zero attached hydrogens (tertiary/aromatic N) is 3. The van der Waals surface area contributed by atoms with Crippen LogP contribution in [0.25, 0.3) is 10.9 Å². The molecule has 1 saturated heterocycles. The average molecular weight is 894 g/mol. The van der Waals surface area contributed by atoms with Crippen LogP contribution in [0, 0.1) is 6.92 Å². The van der Waals surface area contributed by atoms with E-state index in [0.717, 1.165) is 17.2 Å². The zero-order valence-corrected chi connectivity index (χ0v) is 33.4. The summed E-state index contributed by atoms with van der Waals surface area (Å²) in [6.45, 7) is 7.55.